The fraction of sp³-hybridized carbons (Fsp3) is 0.846. The summed E-state index contributed by atoms with van der Waals surface area (Å²) >= 11 is 0. The number of nitrogens with one attached hydrogen (secondary N) is 1. The van der Waals surface area contributed by atoms with E-state index in [0.29, 0.717) is 32.0 Å². The third kappa shape index (κ3) is 5.18. The van der Waals surface area contributed by atoms with Gasteiger partial charge in [0.25, 0.3) is 0 Å². The van der Waals surface area contributed by atoms with Gasteiger partial charge in [0.1, 0.15) is 0 Å². The van der Waals surface area contributed by atoms with Crippen molar-refractivity contribution in [3.8, 4) is 6.07 Å². The lowest BCUT2D eigenvalue weighted by atomic mass is 10.0. The predicted octanol–water partition coefficient (Wildman–Crippen LogP) is 1.67. The van der Waals surface area contributed by atoms with Crippen LogP contribution in [0.5, 0.6) is 0 Å². The van der Waals surface area contributed by atoms with Crippen molar-refractivity contribution in [3.63, 3.8) is 0 Å². The van der Waals surface area contributed by atoms with Crippen molar-refractivity contribution in [1.29, 1.82) is 5.26 Å². The van der Waals surface area contributed by atoms with E-state index in [0.717, 1.165) is 13.0 Å². The van der Waals surface area contributed by atoms with Crippen LogP contribution in [0.15, 0.2) is 0 Å². The minimum absolute atomic E-state index is 0.190. The SMILES string of the molecule is CCN(CCC#N)C(=O)CCC1CCCCN1. The Kier molecular flexibility index (Phi) is 6.64. The highest BCUT2D eigenvalue weighted by molar-refractivity contribution is 5.76. The van der Waals surface area contributed by atoms with Gasteiger partial charge >= 0.3 is 0 Å². The topological polar surface area (TPSA) is 56.1 Å². The van der Waals surface area contributed by atoms with E-state index in [1.165, 1.54) is 19.3 Å². The van der Waals surface area contributed by atoms with Crippen molar-refractivity contribution in [1.82, 2.24) is 10.2 Å². The van der Waals surface area contributed by atoms with Gasteiger partial charge in [0.2, 0.25) is 5.91 Å². The summed E-state index contributed by atoms with van der Waals surface area (Å²) in [6.07, 6.45) is 5.70. The van der Waals surface area contributed by atoms with Crippen LogP contribution in [0, 0.1) is 11.3 Å². The second-order valence-corrected chi connectivity index (χ2v) is 4.57. The number of rotatable bonds is 6. The Morgan fingerprint density at radius 2 is 2.35 bits per heavy atom. The number of nitrogens with zero attached hydrogens (tertiary/aromatic N) is 2. The fourth-order valence-electron chi connectivity index (χ4n) is 2.27. The van der Waals surface area contributed by atoms with Gasteiger partial charge in [-0.2, -0.15) is 5.26 Å². The summed E-state index contributed by atoms with van der Waals surface area (Å²) in [5, 5.41) is 12.0. The fourth-order valence-corrected chi connectivity index (χ4v) is 2.27. The first-order chi connectivity index (χ1) is 8.27. The highest BCUT2D eigenvalue weighted by atomic mass is 16.2. The average Bonchev–Trinajstić information content (AvgIpc) is 2.38. The van der Waals surface area contributed by atoms with Crippen molar-refractivity contribution in [3.05, 3.63) is 0 Å². The lowest BCUT2D eigenvalue weighted by Crippen LogP contribution is -2.36. The Morgan fingerprint density at radius 3 is 2.94 bits per heavy atom. The molecule has 4 nitrogen and oxygen atoms in total. The quantitative estimate of drug-likeness (QED) is 0.764. The number of carbonyl (C=O) groups excluding carboxylic acids is 1. The van der Waals surface area contributed by atoms with Gasteiger partial charge in [-0.15, -0.1) is 0 Å². The van der Waals surface area contributed by atoms with Gasteiger partial charge in [0.15, 0.2) is 0 Å². The van der Waals surface area contributed by atoms with Crippen molar-refractivity contribution in [2.75, 3.05) is 19.6 Å². The summed E-state index contributed by atoms with van der Waals surface area (Å²) < 4.78 is 0. The minimum atomic E-state index is 0.190. The van der Waals surface area contributed by atoms with Crippen LogP contribution in [0.1, 0.15) is 45.4 Å². The summed E-state index contributed by atoms with van der Waals surface area (Å²) in [6, 6.07) is 2.60. The molecule has 1 heterocycles. The van der Waals surface area contributed by atoms with Crippen LogP contribution >= 0.6 is 0 Å². The smallest absolute Gasteiger partial charge is 0.222 e. The molecule has 1 saturated heterocycles. The minimum Gasteiger partial charge on any atom is -0.342 e. The number of nitriles is 1. The molecule has 0 aromatic carbocycles. The van der Waals surface area contributed by atoms with Crippen molar-refractivity contribution >= 4 is 5.91 Å². The lowest BCUT2D eigenvalue weighted by molar-refractivity contribution is -0.131. The molecule has 0 aromatic heterocycles. The number of piperidine rings is 1. The standard InChI is InChI=1S/C13H23N3O/c1-2-16(11-5-9-14)13(17)8-7-12-6-3-4-10-15-12/h12,15H,2-8,10-11H2,1H3. The zero-order valence-electron chi connectivity index (χ0n) is 10.7. The lowest BCUT2D eigenvalue weighted by Gasteiger charge is -2.25. The summed E-state index contributed by atoms with van der Waals surface area (Å²) in [7, 11) is 0. The molecule has 1 atom stereocenters. The molecule has 1 fully saturated rings. The van der Waals surface area contributed by atoms with E-state index in [1.54, 1.807) is 4.90 Å². The van der Waals surface area contributed by atoms with E-state index in [4.69, 9.17) is 5.26 Å². The van der Waals surface area contributed by atoms with Gasteiger partial charge in [-0.1, -0.05) is 6.42 Å². The third-order valence-electron chi connectivity index (χ3n) is 3.35. The van der Waals surface area contributed by atoms with Crippen molar-refractivity contribution in [2.24, 2.45) is 0 Å². The molecule has 17 heavy (non-hydrogen) atoms. The van der Waals surface area contributed by atoms with Gasteiger partial charge in [-0.3, -0.25) is 4.79 Å². The molecule has 96 valence electrons. The first kappa shape index (κ1) is 14.0. The normalized spacial score (nSPS) is 19.6. The summed E-state index contributed by atoms with van der Waals surface area (Å²) in [5.74, 6) is 0.190. The monoisotopic (exact) mass is 237 g/mol. The predicted molar refractivity (Wildman–Crippen MR) is 67.4 cm³/mol. The van der Waals surface area contributed by atoms with E-state index in [-0.39, 0.29) is 5.91 Å². The largest absolute Gasteiger partial charge is 0.342 e. The molecule has 0 bridgehead atoms. The zero-order valence-corrected chi connectivity index (χ0v) is 10.7. The second kappa shape index (κ2) is 8.08. The van der Waals surface area contributed by atoms with Crippen molar-refractivity contribution in [2.45, 2.75) is 51.5 Å². The van der Waals surface area contributed by atoms with Crippen LogP contribution in [0.2, 0.25) is 0 Å². The summed E-state index contributed by atoms with van der Waals surface area (Å²) in [6.45, 7) is 4.33. The molecular formula is C13H23N3O. The van der Waals surface area contributed by atoms with E-state index in [9.17, 15) is 4.79 Å². The Bertz CT molecular complexity index is 266. The molecule has 1 amide bonds. The highest BCUT2D eigenvalue weighted by Crippen LogP contribution is 2.12. The number of hydrogen-bond acceptors (Lipinski definition) is 3. The molecular weight excluding hydrogens is 214 g/mol. The summed E-state index contributed by atoms with van der Waals surface area (Å²) in [4.78, 5) is 13.7. The zero-order chi connectivity index (χ0) is 12.5. The van der Waals surface area contributed by atoms with Gasteiger partial charge in [0, 0.05) is 25.6 Å². The number of hydrogen-bond donors (Lipinski definition) is 1. The number of amides is 1. The molecule has 0 aromatic rings. The molecule has 0 saturated carbocycles. The van der Waals surface area contributed by atoms with Crippen LogP contribution in [0.3, 0.4) is 0 Å². The molecule has 1 aliphatic rings. The summed E-state index contributed by atoms with van der Waals surface area (Å²) in [5.41, 5.74) is 0. The maximum atomic E-state index is 11.9. The molecule has 4 heteroatoms. The van der Waals surface area contributed by atoms with E-state index < -0.39 is 0 Å². The Balaban J connectivity index is 2.24. The van der Waals surface area contributed by atoms with Gasteiger partial charge in [0.05, 0.1) is 12.5 Å². The van der Waals surface area contributed by atoms with Crippen molar-refractivity contribution < 1.29 is 4.79 Å². The Morgan fingerprint density at radius 1 is 1.53 bits per heavy atom. The van der Waals surface area contributed by atoms with E-state index in [2.05, 4.69) is 11.4 Å². The molecule has 1 rings (SSSR count). The van der Waals surface area contributed by atoms with E-state index >= 15 is 0 Å². The second-order valence-electron chi connectivity index (χ2n) is 4.57. The number of carbonyl (C=O) groups is 1. The van der Waals surface area contributed by atoms with Crippen LogP contribution < -0.4 is 5.32 Å². The molecule has 0 radical (unpaired) electrons. The molecule has 1 unspecified atom stereocenters. The first-order valence-electron chi connectivity index (χ1n) is 6.66. The van der Waals surface area contributed by atoms with Gasteiger partial charge < -0.3 is 10.2 Å². The maximum Gasteiger partial charge on any atom is 0.222 e. The van der Waals surface area contributed by atoms with Gasteiger partial charge in [-0.25, -0.2) is 0 Å². The van der Waals surface area contributed by atoms with Crippen LogP contribution in [-0.4, -0.2) is 36.5 Å². The van der Waals surface area contributed by atoms with Crippen LogP contribution in [0.4, 0.5) is 0 Å². The van der Waals surface area contributed by atoms with Crippen LogP contribution in [-0.2, 0) is 4.79 Å². The molecule has 0 spiro atoms. The first-order valence-corrected chi connectivity index (χ1v) is 6.66. The third-order valence-corrected chi connectivity index (χ3v) is 3.35. The average molecular weight is 237 g/mol. The molecule has 1 aliphatic heterocycles. The van der Waals surface area contributed by atoms with Gasteiger partial charge in [-0.05, 0) is 32.7 Å². The Labute approximate surface area is 104 Å². The van der Waals surface area contributed by atoms with Crippen LogP contribution in [0.25, 0.3) is 0 Å². The maximum absolute atomic E-state index is 11.9. The molecule has 1 N–H and O–H groups in total. The molecule has 0 aliphatic carbocycles. The Hall–Kier alpha value is -1.08. The van der Waals surface area contributed by atoms with E-state index in [1.807, 2.05) is 6.92 Å². The highest BCUT2D eigenvalue weighted by Gasteiger charge is 2.16.